The van der Waals surface area contributed by atoms with Crippen LogP contribution in [-0.2, 0) is 4.79 Å². The normalized spacial score (nSPS) is 10.5. The predicted octanol–water partition coefficient (Wildman–Crippen LogP) is 2.09. The summed E-state index contributed by atoms with van der Waals surface area (Å²) in [6.45, 7) is 5.58. The van der Waals surface area contributed by atoms with Gasteiger partial charge in [-0.3, -0.25) is 14.5 Å². The fourth-order valence-corrected chi connectivity index (χ4v) is 2.22. The van der Waals surface area contributed by atoms with Gasteiger partial charge in [0.05, 0.1) is 13.1 Å². The number of carbonyl (C=O) groups is 2. The third-order valence-corrected chi connectivity index (χ3v) is 3.42. The summed E-state index contributed by atoms with van der Waals surface area (Å²) in [5.74, 6) is -0.0390. The molecule has 104 valence electrons. The molecule has 4 nitrogen and oxygen atoms in total. The van der Waals surface area contributed by atoms with E-state index in [9.17, 15) is 9.59 Å². The molecule has 0 aliphatic rings. The minimum Gasteiger partial charge on any atom is -0.355 e. The highest BCUT2D eigenvalue weighted by Crippen LogP contribution is 2.16. The van der Waals surface area contributed by atoms with Crippen LogP contribution in [0.1, 0.15) is 24.2 Å². The standard InChI is InChI=1S/C14H19BrN2O2/c1-3-16-14(19)10-17(4-2)9-13(18)11-7-5-6-8-12(11)15/h5-8H,3-4,9-10H2,1-2H3,(H,16,19). The van der Waals surface area contributed by atoms with Crippen LogP contribution in [0.3, 0.4) is 0 Å². The maximum Gasteiger partial charge on any atom is 0.234 e. The summed E-state index contributed by atoms with van der Waals surface area (Å²) in [6, 6.07) is 7.32. The van der Waals surface area contributed by atoms with E-state index < -0.39 is 0 Å². The van der Waals surface area contributed by atoms with Crippen LogP contribution in [0.25, 0.3) is 0 Å². The molecule has 0 fully saturated rings. The Balaban J connectivity index is 2.63. The van der Waals surface area contributed by atoms with Crippen molar-refractivity contribution in [3.05, 3.63) is 34.3 Å². The van der Waals surface area contributed by atoms with Crippen LogP contribution in [0.5, 0.6) is 0 Å². The lowest BCUT2D eigenvalue weighted by atomic mass is 10.1. The van der Waals surface area contributed by atoms with Gasteiger partial charge in [0.15, 0.2) is 5.78 Å². The van der Waals surface area contributed by atoms with Crippen molar-refractivity contribution in [3.8, 4) is 0 Å². The molecule has 0 saturated heterocycles. The molecule has 0 radical (unpaired) electrons. The summed E-state index contributed by atoms with van der Waals surface area (Å²) in [5, 5.41) is 2.73. The zero-order chi connectivity index (χ0) is 14.3. The van der Waals surface area contributed by atoms with E-state index in [0.717, 1.165) is 4.47 Å². The van der Waals surface area contributed by atoms with Crippen LogP contribution >= 0.6 is 15.9 Å². The first kappa shape index (κ1) is 15.9. The Morgan fingerprint density at radius 3 is 2.47 bits per heavy atom. The van der Waals surface area contributed by atoms with Gasteiger partial charge in [0.2, 0.25) is 5.91 Å². The molecular weight excluding hydrogens is 308 g/mol. The molecule has 1 aromatic rings. The molecule has 1 N–H and O–H groups in total. The summed E-state index contributed by atoms with van der Waals surface area (Å²) in [5.41, 5.74) is 0.650. The number of ketones is 1. The quantitative estimate of drug-likeness (QED) is 0.780. The molecule has 1 rings (SSSR count). The summed E-state index contributed by atoms with van der Waals surface area (Å²) in [7, 11) is 0. The van der Waals surface area contributed by atoms with Crippen LogP contribution in [0.4, 0.5) is 0 Å². The number of benzene rings is 1. The van der Waals surface area contributed by atoms with Gasteiger partial charge >= 0.3 is 0 Å². The Hall–Kier alpha value is -1.20. The van der Waals surface area contributed by atoms with Crippen molar-refractivity contribution in [1.82, 2.24) is 10.2 Å². The number of halogens is 1. The second-order valence-electron chi connectivity index (χ2n) is 4.16. The van der Waals surface area contributed by atoms with E-state index in [1.165, 1.54) is 0 Å². The van der Waals surface area contributed by atoms with Gasteiger partial charge < -0.3 is 5.32 Å². The predicted molar refractivity (Wildman–Crippen MR) is 79.3 cm³/mol. The van der Waals surface area contributed by atoms with Gasteiger partial charge in [-0.15, -0.1) is 0 Å². The highest BCUT2D eigenvalue weighted by atomic mass is 79.9. The first-order chi connectivity index (χ1) is 9.08. The van der Waals surface area contributed by atoms with Gasteiger partial charge in [0.25, 0.3) is 0 Å². The van der Waals surface area contributed by atoms with Gasteiger partial charge in [0.1, 0.15) is 0 Å². The van der Waals surface area contributed by atoms with Crippen LogP contribution in [0, 0.1) is 0 Å². The Bertz CT molecular complexity index is 449. The SMILES string of the molecule is CCNC(=O)CN(CC)CC(=O)c1ccccc1Br. The lowest BCUT2D eigenvalue weighted by Crippen LogP contribution is -2.39. The van der Waals surface area contributed by atoms with Crippen molar-refractivity contribution in [1.29, 1.82) is 0 Å². The van der Waals surface area contributed by atoms with Gasteiger partial charge in [-0.05, 0) is 19.5 Å². The molecule has 0 bridgehead atoms. The number of rotatable bonds is 7. The molecule has 0 aromatic heterocycles. The van der Waals surface area contributed by atoms with Crippen LogP contribution < -0.4 is 5.32 Å². The topological polar surface area (TPSA) is 49.4 Å². The van der Waals surface area contributed by atoms with Crippen molar-refractivity contribution in [2.24, 2.45) is 0 Å². The molecule has 0 aliphatic heterocycles. The average molecular weight is 327 g/mol. The van der Waals surface area contributed by atoms with Gasteiger partial charge in [-0.2, -0.15) is 0 Å². The number of hydrogen-bond donors (Lipinski definition) is 1. The minimum absolute atomic E-state index is 0.0126. The van der Waals surface area contributed by atoms with E-state index in [4.69, 9.17) is 0 Å². The number of nitrogens with one attached hydrogen (secondary N) is 1. The number of nitrogens with zero attached hydrogens (tertiary/aromatic N) is 1. The molecule has 1 amide bonds. The second kappa shape index (κ2) is 8.07. The summed E-state index contributed by atoms with van der Waals surface area (Å²) in [6.07, 6.45) is 0. The number of likely N-dealkylation sites (N-methyl/N-ethyl adjacent to an activating group) is 2. The highest BCUT2D eigenvalue weighted by Gasteiger charge is 2.15. The Labute approximate surface area is 122 Å². The number of amides is 1. The maximum atomic E-state index is 12.2. The Morgan fingerprint density at radius 2 is 1.89 bits per heavy atom. The zero-order valence-corrected chi connectivity index (χ0v) is 12.9. The van der Waals surface area contributed by atoms with Crippen molar-refractivity contribution in [3.63, 3.8) is 0 Å². The third-order valence-electron chi connectivity index (χ3n) is 2.73. The highest BCUT2D eigenvalue weighted by molar-refractivity contribution is 9.10. The molecule has 0 heterocycles. The minimum atomic E-state index is -0.0516. The lowest BCUT2D eigenvalue weighted by molar-refractivity contribution is -0.121. The number of carbonyl (C=O) groups excluding carboxylic acids is 2. The lowest BCUT2D eigenvalue weighted by Gasteiger charge is -2.19. The maximum absolute atomic E-state index is 12.2. The Kier molecular flexibility index (Phi) is 6.73. The summed E-state index contributed by atoms with van der Waals surface area (Å²) in [4.78, 5) is 25.5. The van der Waals surface area contributed by atoms with Crippen LogP contribution in [0.15, 0.2) is 28.7 Å². The second-order valence-corrected chi connectivity index (χ2v) is 5.01. The molecule has 0 spiro atoms. The molecule has 1 aromatic carbocycles. The van der Waals surface area contributed by atoms with E-state index in [-0.39, 0.29) is 24.8 Å². The molecular formula is C14H19BrN2O2. The third kappa shape index (κ3) is 5.12. The van der Waals surface area contributed by atoms with Gasteiger partial charge in [-0.25, -0.2) is 0 Å². The monoisotopic (exact) mass is 326 g/mol. The average Bonchev–Trinajstić information content (AvgIpc) is 2.38. The molecule has 0 saturated carbocycles. The van der Waals surface area contributed by atoms with Gasteiger partial charge in [0, 0.05) is 16.6 Å². The van der Waals surface area contributed by atoms with Crippen LogP contribution in [-0.4, -0.2) is 42.8 Å². The molecule has 0 unspecified atom stereocenters. The molecule has 5 heteroatoms. The fraction of sp³-hybridized carbons (Fsp3) is 0.429. The van der Waals surface area contributed by atoms with Crippen molar-refractivity contribution in [2.75, 3.05) is 26.2 Å². The van der Waals surface area contributed by atoms with E-state index in [1.54, 1.807) is 6.07 Å². The number of hydrogen-bond acceptors (Lipinski definition) is 3. The fourth-order valence-electron chi connectivity index (χ4n) is 1.71. The largest absolute Gasteiger partial charge is 0.355 e. The summed E-state index contributed by atoms with van der Waals surface area (Å²) >= 11 is 3.37. The van der Waals surface area contributed by atoms with Crippen molar-refractivity contribution >= 4 is 27.6 Å². The Morgan fingerprint density at radius 1 is 1.21 bits per heavy atom. The van der Waals surface area contributed by atoms with Gasteiger partial charge in [-0.1, -0.05) is 41.1 Å². The van der Waals surface area contributed by atoms with E-state index >= 15 is 0 Å². The summed E-state index contributed by atoms with van der Waals surface area (Å²) < 4.78 is 0.786. The van der Waals surface area contributed by atoms with Crippen molar-refractivity contribution in [2.45, 2.75) is 13.8 Å². The first-order valence-electron chi connectivity index (χ1n) is 6.35. The smallest absolute Gasteiger partial charge is 0.234 e. The molecule has 0 atom stereocenters. The zero-order valence-electron chi connectivity index (χ0n) is 11.3. The van der Waals surface area contributed by atoms with E-state index in [2.05, 4.69) is 21.2 Å². The van der Waals surface area contributed by atoms with Crippen molar-refractivity contribution < 1.29 is 9.59 Å². The molecule has 19 heavy (non-hydrogen) atoms. The van der Waals surface area contributed by atoms with E-state index in [1.807, 2.05) is 36.9 Å². The number of Topliss-reactive ketones (excluding diaryl/α,β-unsaturated/α-hetero) is 1. The van der Waals surface area contributed by atoms with E-state index in [0.29, 0.717) is 18.7 Å². The first-order valence-corrected chi connectivity index (χ1v) is 7.14. The molecule has 0 aliphatic carbocycles. The van der Waals surface area contributed by atoms with Crippen LogP contribution in [0.2, 0.25) is 0 Å².